The number of likely N-dealkylation sites (N-methyl/N-ethyl adjacent to an activating group) is 1. The van der Waals surface area contributed by atoms with Crippen LogP contribution >= 0.6 is 0 Å². The smallest absolute Gasteiger partial charge is 0.293 e. The van der Waals surface area contributed by atoms with Crippen molar-refractivity contribution in [2.45, 2.75) is 6.92 Å². The number of carbonyl (C=O) groups excluding carboxylic acids is 1. The summed E-state index contributed by atoms with van der Waals surface area (Å²) in [4.78, 5) is 17.5. The molecule has 0 fully saturated rings. The maximum absolute atomic E-state index is 11.9. The van der Waals surface area contributed by atoms with E-state index in [-0.39, 0.29) is 11.7 Å². The minimum atomic E-state index is -0.221. The van der Waals surface area contributed by atoms with E-state index < -0.39 is 0 Å². The number of hydrogen-bond donors (Lipinski definition) is 1. The molecule has 2 aromatic rings. The molecule has 6 nitrogen and oxygen atoms in total. The van der Waals surface area contributed by atoms with Gasteiger partial charge in [-0.15, -0.1) is 5.10 Å². The van der Waals surface area contributed by atoms with Crippen molar-refractivity contribution in [2.75, 3.05) is 20.2 Å². The lowest BCUT2D eigenvalue weighted by Crippen LogP contribution is -2.31. The first-order valence-corrected chi connectivity index (χ1v) is 5.99. The van der Waals surface area contributed by atoms with Crippen molar-refractivity contribution < 1.29 is 9.53 Å². The predicted octanol–water partition coefficient (Wildman–Crippen LogP) is 1.26. The van der Waals surface area contributed by atoms with Crippen molar-refractivity contribution >= 4 is 5.91 Å². The molecule has 0 atom stereocenters. The Labute approximate surface area is 111 Å². The number of hydrogen-bond acceptors (Lipinski definition) is 4. The van der Waals surface area contributed by atoms with Crippen LogP contribution in [0, 0.1) is 6.92 Å². The highest BCUT2D eigenvalue weighted by atomic mass is 16.5. The number of nitrogens with zero attached hydrogens (tertiary/aromatic N) is 3. The fourth-order valence-electron chi connectivity index (χ4n) is 1.53. The molecular formula is C13H16N4O2. The fourth-order valence-corrected chi connectivity index (χ4v) is 1.53. The Bertz CT molecular complexity index is 539. The third kappa shape index (κ3) is 3.54. The van der Waals surface area contributed by atoms with Gasteiger partial charge in [0.05, 0.1) is 6.54 Å². The van der Waals surface area contributed by atoms with Gasteiger partial charge in [-0.2, -0.15) is 0 Å². The molecule has 1 aromatic carbocycles. The number of H-pyrrole nitrogens is 1. The van der Waals surface area contributed by atoms with Gasteiger partial charge in [-0.25, -0.2) is 4.98 Å². The van der Waals surface area contributed by atoms with Crippen LogP contribution in [-0.2, 0) is 0 Å². The minimum Gasteiger partial charge on any atom is -0.492 e. The van der Waals surface area contributed by atoms with Gasteiger partial charge >= 0.3 is 0 Å². The molecule has 0 aliphatic carbocycles. The molecule has 100 valence electrons. The summed E-state index contributed by atoms with van der Waals surface area (Å²) in [5.41, 5.74) is 0. The molecule has 0 bridgehead atoms. The quantitative estimate of drug-likeness (QED) is 0.878. The number of rotatable bonds is 5. The lowest BCUT2D eigenvalue weighted by Gasteiger charge is -2.15. The highest BCUT2D eigenvalue weighted by molar-refractivity contribution is 5.90. The zero-order valence-corrected chi connectivity index (χ0v) is 11.0. The Morgan fingerprint density at radius 1 is 1.37 bits per heavy atom. The maximum Gasteiger partial charge on any atom is 0.293 e. The van der Waals surface area contributed by atoms with E-state index in [1.807, 2.05) is 30.3 Å². The lowest BCUT2D eigenvalue weighted by atomic mass is 10.3. The number of carbonyl (C=O) groups is 1. The highest BCUT2D eigenvalue weighted by Gasteiger charge is 2.15. The van der Waals surface area contributed by atoms with E-state index in [2.05, 4.69) is 15.2 Å². The minimum absolute atomic E-state index is 0.180. The van der Waals surface area contributed by atoms with Crippen LogP contribution in [0.4, 0.5) is 0 Å². The number of para-hydroxylation sites is 1. The van der Waals surface area contributed by atoms with E-state index in [1.54, 1.807) is 14.0 Å². The van der Waals surface area contributed by atoms with Crippen molar-refractivity contribution in [3.63, 3.8) is 0 Å². The second-order valence-electron chi connectivity index (χ2n) is 4.13. The number of benzene rings is 1. The molecule has 1 heterocycles. The molecule has 0 saturated heterocycles. The number of aromatic amines is 1. The van der Waals surface area contributed by atoms with Gasteiger partial charge < -0.3 is 9.64 Å². The standard InChI is InChI=1S/C13H16N4O2/c1-10-14-12(16-15-10)13(18)17(2)8-9-19-11-6-4-3-5-7-11/h3-7H,8-9H2,1-2H3,(H,14,15,16). The molecule has 0 saturated carbocycles. The lowest BCUT2D eigenvalue weighted by molar-refractivity contribution is 0.0762. The van der Waals surface area contributed by atoms with Gasteiger partial charge in [-0.1, -0.05) is 18.2 Å². The predicted molar refractivity (Wildman–Crippen MR) is 70.0 cm³/mol. The summed E-state index contributed by atoms with van der Waals surface area (Å²) in [6, 6.07) is 9.48. The summed E-state index contributed by atoms with van der Waals surface area (Å²) in [5.74, 6) is 1.37. The number of aryl methyl sites for hydroxylation is 1. The molecule has 0 spiro atoms. The topological polar surface area (TPSA) is 71.1 Å². The van der Waals surface area contributed by atoms with E-state index in [1.165, 1.54) is 4.90 Å². The van der Waals surface area contributed by atoms with Crippen molar-refractivity contribution in [3.05, 3.63) is 42.0 Å². The first kappa shape index (κ1) is 13.1. The zero-order chi connectivity index (χ0) is 13.7. The van der Waals surface area contributed by atoms with Gasteiger partial charge in [0.2, 0.25) is 5.82 Å². The number of nitrogens with one attached hydrogen (secondary N) is 1. The Morgan fingerprint density at radius 3 is 2.74 bits per heavy atom. The van der Waals surface area contributed by atoms with E-state index in [0.717, 1.165) is 5.75 Å². The maximum atomic E-state index is 11.9. The van der Waals surface area contributed by atoms with E-state index in [9.17, 15) is 4.79 Å². The van der Waals surface area contributed by atoms with Crippen LogP contribution in [0.3, 0.4) is 0 Å². The van der Waals surface area contributed by atoms with Crippen LogP contribution in [0.5, 0.6) is 5.75 Å². The molecule has 1 aromatic heterocycles. The molecule has 0 radical (unpaired) electrons. The van der Waals surface area contributed by atoms with Crippen molar-refractivity contribution in [1.29, 1.82) is 0 Å². The number of aromatic nitrogens is 3. The third-order valence-electron chi connectivity index (χ3n) is 2.57. The normalized spacial score (nSPS) is 10.2. The van der Waals surface area contributed by atoms with Gasteiger partial charge in [-0.3, -0.25) is 9.89 Å². The molecule has 6 heteroatoms. The Kier molecular flexibility index (Phi) is 4.12. The molecule has 0 aliphatic heterocycles. The van der Waals surface area contributed by atoms with Crippen LogP contribution in [0.2, 0.25) is 0 Å². The molecular weight excluding hydrogens is 244 g/mol. The Morgan fingerprint density at radius 2 is 2.11 bits per heavy atom. The van der Waals surface area contributed by atoms with Gasteiger partial charge in [0.25, 0.3) is 5.91 Å². The SMILES string of the molecule is Cc1nc(C(=O)N(C)CCOc2ccccc2)n[nH]1. The Hall–Kier alpha value is -2.37. The first-order valence-electron chi connectivity index (χ1n) is 5.99. The summed E-state index contributed by atoms with van der Waals surface area (Å²) in [6.07, 6.45) is 0. The van der Waals surface area contributed by atoms with Gasteiger partial charge in [0, 0.05) is 7.05 Å². The molecule has 2 rings (SSSR count). The number of ether oxygens (including phenoxy) is 1. The Balaban J connectivity index is 1.81. The van der Waals surface area contributed by atoms with E-state index in [0.29, 0.717) is 19.0 Å². The van der Waals surface area contributed by atoms with E-state index >= 15 is 0 Å². The van der Waals surface area contributed by atoms with Crippen molar-refractivity contribution in [1.82, 2.24) is 20.1 Å². The van der Waals surface area contributed by atoms with E-state index in [4.69, 9.17) is 4.74 Å². The van der Waals surface area contributed by atoms with Gasteiger partial charge in [0.1, 0.15) is 18.2 Å². The molecule has 1 amide bonds. The average molecular weight is 260 g/mol. The van der Waals surface area contributed by atoms with Crippen LogP contribution < -0.4 is 4.74 Å². The van der Waals surface area contributed by atoms with Crippen LogP contribution in [0.15, 0.2) is 30.3 Å². The van der Waals surface area contributed by atoms with Gasteiger partial charge in [0.15, 0.2) is 0 Å². The summed E-state index contributed by atoms with van der Waals surface area (Å²) in [6.45, 7) is 2.65. The summed E-state index contributed by atoms with van der Waals surface area (Å²) >= 11 is 0. The molecule has 1 N–H and O–H groups in total. The van der Waals surface area contributed by atoms with Crippen molar-refractivity contribution in [3.8, 4) is 5.75 Å². The first-order chi connectivity index (χ1) is 9.16. The second kappa shape index (κ2) is 5.99. The molecule has 0 aliphatic rings. The van der Waals surface area contributed by atoms with Crippen molar-refractivity contribution in [2.24, 2.45) is 0 Å². The van der Waals surface area contributed by atoms with Crippen LogP contribution in [-0.4, -0.2) is 46.2 Å². The average Bonchev–Trinajstić information content (AvgIpc) is 2.85. The fraction of sp³-hybridized carbons (Fsp3) is 0.308. The van der Waals surface area contributed by atoms with Crippen LogP contribution in [0.1, 0.15) is 16.4 Å². The monoisotopic (exact) mass is 260 g/mol. The summed E-state index contributed by atoms with van der Waals surface area (Å²) in [7, 11) is 1.70. The molecule has 19 heavy (non-hydrogen) atoms. The molecule has 0 unspecified atom stereocenters. The number of amides is 1. The summed E-state index contributed by atoms with van der Waals surface area (Å²) in [5, 5.41) is 6.48. The zero-order valence-electron chi connectivity index (χ0n) is 11.0. The third-order valence-corrected chi connectivity index (χ3v) is 2.57. The van der Waals surface area contributed by atoms with Gasteiger partial charge in [-0.05, 0) is 19.1 Å². The second-order valence-corrected chi connectivity index (χ2v) is 4.13. The highest BCUT2D eigenvalue weighted by Crippen LogP contribution is 2.08. The van der Waals surface area contributed by atoms with Crippen LogP contribution in [0.25, 0.3) is 0 Å². The largest absolute Gasteiger partial charge is 0.492 e. The summed E-state index contributed by atoms with van der Waals surface area (Å²) < 4.78 is 5.53.